The van der Waals surface area contributed by atoms with Gasteiger partial charge in [-0.15, -0.1) is 11.8 Å². The van der Waals surface area contributed by atoms with Gasteiger partial charge in [0.15, 0.2) is 19.3 Å². The molecule has 0 saturated heterocycles. The number of fused-ring (bicyclic) bond motifs is 2. The summed E-state index contributed by atoms with van der Waals surface area (Å²) in [7, 11) is 4.66. The van der Waals surface area contributed by atoms with Gasteiger partial charge in [0.2, 0.25) is 0 Å². The molecule has 72 heavy (non-hydrogen) atoms. The summed E-state index contributed by atoms with van der Waals surface area (Å²) in [6.45, 7) is 0. The number of hydrogen-bond acceptors (Lipinski definition) is 26. The topological polar surface area (TPSA) is 443 Å². The first-order chi connectivity index (χ1) is 33.9. The Morgan fingerprint density at radius 1 is 0.583 bits per heavy atom. The normalized spacial score (nSPS) is 9.71. The first-order valence-electron chi connectivity index (χ1n) is 18.1. The second-order valence-corrected chi connectivity index (χ2v) is 15.5. The van der Waals surface area contributed by atoms with Gasteiger partial charge in [0.05, 0.1) is 62.4 Å². The first-order valence-corrected chi connectivity index (χ1v) is 21.8. The van der Waals surface area contributed by atoms with E-state index in [0.29, 0.717) is 32.6 Å². The van der Waals surface area contributed by atoms with Crippen LogP contribution in [0.5, 0.6) is 0 Å². The number of non-ortho nitro benzene ring substituents is 2. The molecule has 6 rings (SSSR count). The highest BCUT2D eigenvalue weighted by Gasteiger charge is 2.33. The average molecular weight is 1110 g/mol. The van der Waals surface area contributed by atoms with Crippen molar-refractivity contribution in [2.45, 2.75) is 4.90 Å². The fourth-order valence-electron chi connectivity index (χ4n) is 4.70. The molecule has 0 radical (unpaired) electrons. The number of aromatic nitrogens is 2. The van der Waals surface area contributed by atoms with Gasteiger partial charge in [-0.1, -0.05) is 11.6 Å². The second kappa shape index (κ2) is 29.5. The van der Waals surface area contributed by atoms with Crippen molar-refractivity contribution in [3.05, 3.63) is 149 Å². The van der Waals surface area contributed by atoms with Crippen molar-refractivity contribution in [2.75, 3.05) is 39.9 Å². The molecule has 0 fully saturated rings. The predicted octanol–water partition coefficient (Wildman–Crippen LogP) is 5.78. The van der Waals surface area contributed by atoms with Gasteiger partial charge in [-0.05, 0) is 46.9 Å². The number of halogens is 1. The fourth-order valence-corrected chi connectivity index (χ4v) is 8.07. The fraction of sp³-hybridized carbons (Fsp3) is 0.167. The molecule has 0 aliphatic heterocycles. The lowest BCUT2D eigenvalue weighted by atomic mass is 10.3. The summed E-state index contributed by atoms with van der Waals surface area (Å²) in [5.41, 5.74) is -1.81. The number of rotatable bonds is 12. The lowest BCUT2D eigenvalue weighted by molar-refractivity contribution is -0.883. The van der Waals surface area contributed by atoms with E-state index in [9.17, 15) is 90.3 Å². The van der Waals surface area contributed by atoms with E-state index in [0.717, 1.165) is 49.8 Å². The Labute approximate surface area is 421 Å². The zero-order valence-electron chi connectivity index (χ0n) is 36.5. The summed E-state index contributed by atoms with van der Waals surface area (Å²) in [6.07, 6.45) is 0. The number of thioether (sulfide) groups is 1. The van der Waals surface area contributed by atoms with E-state index < -0.39 is 75.2 Å². The van der Waals surface area contributed by atoms with Crippen molar-refractivity contribution in [3.63, 3.8) is 0 Å². The smallest absolute Gasteiger partial charge is 0.419 e. The molecule has 0 unspecified atom stereocenters. The van der Waals surface area contributed by atoms with E-state index in [1.807, 2.05) is 0 Å². The number of aliphatic hydroxyl groups excluding tert-OH is 1. The molecule has 0 amide bonds. The Bertz CT molecular complexity index is 2960. The number of nitro groups is 6. The summed E-state index contributed by atoms with van der Waals surface area (Å²) in [4.78, 5) is 102. The summed E-state index contributed by atoms with van der Waals surface area (Å²) in [6, 6.07) is 15.2. The van der Waals surface area contributed by atoms with Crippen LogP contribution in [0.4, 0.5) is 34.1 Å². The molecule has 4 N–H and O–H groups in total. The number of carbonyl (C=O) groups is 4. The highest BCUT2D eigenvalue weighted by Crippen LogP contribution is 2.37. The van der Waals surface area contributed by atoms with Gasteiger partial charge >= 0.3 is 33.9 Å². The highest BCUT2D eigenvalue weighted by molar-refractivity contribution is 8.00. The average Bonchev–Trinajstić information content (AvgIpc) is 3.89. The molecule has 0 atom stereocenters. The van der Waals surface area contributed by atoms with Gasteiger partial charge in [0, 0.05) is 65.1 Å². The van der Waals surface area contributed by atoms with Gasteiger partial charge in [-0.25, -0.2) is 9.59 Å². The molecule has 6 aromatic rings. The molecule has 0 bridgehead atoms. The number of methoxy groups -OCH3 is 3. The molecule has 2 aromatic heterocycles. The van der Waals surface area contributed by atoms with Crippen LogP contribution in [0, 0.1) is 60.7 Å². The first kappa shape index (κ1) is 61.5. The van der Waals surface area contributed by atoms with Crippen LogP contribution in [0.25, 0.3) is 20.4 Å². The van der Waals surface area contributed by atoms with Crippen LogP contribution in [0.15, 0.2) is 77.7 Å². The molecule has 0 aliphatic carbocycles. The number of aliphatic hydroxyl groups is 1. The van der Waals surface area contributed by atoms with Crippen LogP contribution in [-0.2, 0) is 23.8 Å². The zero-order valence-corrected chi connectivity index (χ0v) is 40.6. The Kier molecular flexibility index (Phi) is 25.2. The number of hydrogen-bond donors (Lipinski definition) is 5. The monoisotopic (exact) mass is 1110 g/mol. The minimum atomic E-state index is -1.34. The van der Waals surface area contributed by atoms with Crippen LogP contribution in [-0.4, -0.2) is 114 Å². The third-order valence-corrected chi connectivity index (χ3v) is 11.8. The van der Waals surface area contributed by atoms with Gasteiger partial charge in [0.1, 0.15) is 0 Å². The SMILES string of the molecule is CO.COC(=O)CS.COC(=O)CSc1c([N+](=O)[O-])cccc1[N+](=O)[O-].COC(=O)c1sc2c([N+](=O)[O-])cccc2[n+]1O.O=C(O)c1sc2c([N+](=O)[O-])cccc2[n+]1O.O=[N+]([O-])c1cccc([N+](=O)[O-])c1Cl. The molecular weight excluding hydrogens is 1080 g/mol. The van der Waals surface area contributed by atoms with Crippen molar-refractivity contribution >= 4 is 137 Å². The highest BCUT2D eigenvalue weighted by atomic mass is 35.5. The van der Waals surface area contributed by atoms with E-state index in [2.05, 4.69) is 26.8 Å². The lowest BCUT2D eigenvalue weighted by Crippen LogP contribution is -2.35. The quantitative estimate of drug-likeness (QED) is 0.0142. The van der Waals surface area contributed by atoms with E-state index >= 15 is 0 Å². The molecule has 2 heterocycles. The van der Waals surface area contributed by atoms with Gasteiger partial charge in [-0.3, -0.25) is 80.7 Å². The number of nitrogens with zero attached hydrogens (tertiary/aromatic N) is 8. The van der Waals surface area contributed by atoms with Gasteiger partial charge in [0.25, 0.3) is 45.2 Å². The van der Waals surface area contributed by atoms with Gasteiger partial charge in [-0.2, -0.15) is 12.6 Å². The van der Waals surface area contributed by atoms with Crippen molar-refractivity contribution in [1.29, 1.82) is 0 Å². The van der Waals surface area contributed by atoms with Crippen molar-refractivity contribution in [3.8, 4) is 0 Å². The number of carbonyl (C=O) groups excluding carboxylic acids is 3. The Morgan fingerprint density at radius 3 is 1.24 bits per heavy atom. The van der Waals surface area contributed by atoms with Crippen LogP contribution in [0.3, 0.4) is 0 Å². The molecular formula is C36H33ClN8O23S4+2. The molecule has 0 saturated carbocycles. The number of thiazole rings is 2. The number of carboxylic acids is 1. The zero-order chi connectivity index (χ0) is 55.2. The van der Waals surface area contributed by atoms with Crippen LogP contribution in [0.2, 0.25) is 5.02 Å². The van der Waals surface area contributed by atoms with Crippen LogP contribution < -0.4 is 9.46 Å². The molecule has 4 aromatic carbocycles. The molecule has 31 nitrogen and oxygen atoms in total. The number of esters is 3. The third-order valence-electron chi connectivity index (χ3n) is 7.76. The summed E-state index contributed by atoms with van der Waals surface area (Å²) < 4.78 is 14.4. The maximum Gasteiger partial charge on any atom is 0.419 e. The minimum absolute atomic E-state index is 0.108. The number of carboxylic acid groups (broad SMARTS) is 1. The molecule has 36 heteroatoms. The Morgan fingerprint density at radius 2 is 0.917 bits per heavy atom. The lowest BCUT2D eigenvalue weighted by Gasteiger charge is -2.03. The van der Waals surface area contributed by atoms with E-state index in [1.165, 1.54) is 62.8 Å². The number of ether oxygens (including phenoxy) is 3. The van der Waals surface area contributed by atoms with Crippen LogP contribution >= 0.6 is 58.7 Å². The summed E-state index contributed by atoms with van der Waals surface area (Å²) in [5.74, 6) is -3.06. The largest absolute Gasteiger partial charge is 0.472 e. The van der Waals surface area contributed by atoms with E-state index in [4.69, 9.17) is 21.8 Å². The number of aromatic carboxylic acids is 1. The molecule has 0 spiro atoms. The molecule has 0 aliphatic rings. The Balaban J connectivity index is 0.000000459. The number of nitro benzene ring substituents is 6. The number of benzene rings is 4. The number of thiol groups is 1. The van der Waals surface area contributed by atoms with Crippen molar-refractivity contribution < 1.29 is 93.0 Å². The van der Waals surface area contributed by atoms with Crippen LogP contribution in [0.1, 0.15) is 19.6 Å². The predicted molar refractivity (Wildman–Crippen MR) is 251 cm³/mol. The maximum absolute atomic E-state index is 11.3. The standard InChI is InChI=1S/C9H8N2O6S.C9H7N2O5S.C8H4N2O5S.C6H3ClN2O4.C3H6O2S.CH4O/c1-17-8(12)5-18-9-6(10(13)14)3-2-4-7(9)11(15)16;1-16-9(12)8-10(13)5-3-2-4-6(11(14)15)7(5)17-8;11-8(12)7-9(13)4-2-1-3-5(10(14)15)6(4)16-7;7-6-4(8(10)11)2-1-3-5(6)9(12)13;1-5-3(4)2-6;1-2/h2-4H,5H2,1H3;2-4,13H,1H3;1-3H,(H-,11,12,13);1-3H;6H,2H2,1H3;2H,1H3/q;+1;;;;/p+1. The van der Waals surface area contributed by atoms with E-state index in [-0.39, 0.29) is 64.2 Å². The second-order valence-electron chi connectivity index (χ2n) is 11.9. The third kappa shape index (κ3) is 16.6. The summed E-state index contributed by atoms with van der Waals surface area (Å²) in [5, 5.41) is 97.6. The summed E-state index contributed by atoms with van der Waals surface area (Å²) >= 11 is 11.2. The van der Waals surface area contributed by atoms with Crippen molar-refractivity contribution in [2.24, 2.45) is 0 Å². The van der Waals surface area contributed by atoms with Gasteiger partial charge < -0.3 is 24.4 Å². The van der Waals surface area contributed by atoms with E-state index in [1.54, 1.807) is 0 Å². The Hall–Kier alpha value is -8.51. The molecule has 384 valence electrons. The minimum Gasteiger partial charge on any atom is -0.472 e. The maximum atomic E-state index is 11.3. The van der Waals surface area contributed by atoms with Crippen molar-refractivity contribution in [1.82, 2.24) is 0 Å².